The Bertz CT molecular complexity index is 679. The van der Waals surface area contributed by atoms with Crippen LogP contribution in [0.4, 0.5) is 13.2 Å². The highest BCUT2D eigenvalue weighted by Crippen LogP contribution is 2.29. The molecule has 2 aromatic rings. The van der Waals surface area contributed by atoms with E-state index in [1.54, 1.807) is 5.48 Å². The second kappa shape index (κ2) is 8.67. The van der Waals surface area contributed by atoms with Crippen LogP contribution in [0.1, 0.15) is 35.1 Å². The van der Waals surface area contributed by atoms with Crippen molar-refractivity contribution in [3.05, 3.63) is 70.8 Å². The topological polar surface area (TPSA) is 49.3 Å². The lowest BCUT2D eigenvalue weighted by Gasteiger charge is -2.08. The van der Waals surface area contributed by atoms with Crippen LogP contribution in [0.25, 0.3) is 0 Å². The van der Waals surface area contributed by atoms with E-state index >= 15 is 0 Å². The molecule has 0 saturated carbocycles. The van der Waals surface area contributed by atoms with Gasteiger partial charge in [0.05, 0.1) is 12.0 Å². The molecule has 0 heterocycles. The van der Waals surface area contributed by atoms with Crippen molar-refractivity contribution in [3.8, 4) is 0 Å². The Hall–Kier alpha value is -2.34. The molecule has 2 N–H and O–H groups in total. The zero-order chi connectivity index (χ0) is 18.3. The minimum atomic E-state index is -4.29. The van der Waals surface area contributed by atoms with Gasteiger partial charge in [-0.15, -0.1) is 0 Å². The number of rotatable bonds is 7. The van der Waals surface area contributed by atoms with Gasteiger partial charge in [0, 0.05) is 0 Å². The van der Waals surface area contributed by atoms with Gasteiger partial charge in [0.1, 0.15) is 0 Å². The highest BCUT2D eigenvalue weighted by Gasteiger charge is 2.29. The number of hydroxylamine groups is 1. The summed E-state index contributed by atoms with van der Waals surface area (Å²) in [4.78, 5) is 11.1. The molecule has 0 fully saturated rings. The Kier molecular flexibility index (Phi) is 6.58. The summed E-state index contributed by atoms with van der Waals surface area (Å²) in [5.74, 6) is -0.454. The first-order chi connectivity index (χ1) is 11.9. The second-order valence-electron chi connectivity index (χ2n) is 5.93. The van der Waals surface area contributed by atoms with Crippen LogP contribution in [0.3, 0.4) is 0 Å². The fourth-order valence-electron chi connectivity index (χ4n) is 2.57. The van der Waals surface area contributed by atoms with E-state index in [1.165, 1.54) is 12.1 Å². The smallest absolute Gasteiger partial charge is 0.289 e. The first-order valence-corrected chi connectivity index (χ1v) is 8.05. The fraction of sp³-hybridized carbons (Fsp3) is 0.316. The molecule has 0 aliphatic heterocycles. The Morgan fingerprint density at radius 1 is 0.840 bits per heavy atom. The van der Waals surface area contributed by atoms with Crippen LogP contribution in [0, 0.1) is 0 Å². The van der Waals surface area contributed by atoms with Crippen LogP contribution < -0.4 is 5.48 Å². The van der Waals surface area contributed by atoms with E-state index in [-0.39, 0.29) is 6.42 Å². The molecule has 2 rings (SSSR count). The van der Waals surface area contributed by atoms with Gasteiger partial charge in [-0.05, 0) is 54.5 Å². The molecule has 0 atom stereocenters. The lowest BCUT2D eigenvalue weighted by Crippen LogP contribution is -2.20. The Balaban J connectivity index is 1.75. The molecule has 3 nitrogen and oxygen atoms in total. The Labute approximate surface area is 144 Å². The number of alkyl halides is 3. The van der Waals surface area contributed by atoms with Crippen molar-refractivity contribution in [2.45, 2.75) is 38.3 Å². The summed E-state index contributed by atoms with van der Waals surface area (Å²) in [7, 11) is 0. The lowest BCUT2D eigenvalue weighted by atomic mass is 10.0. The lowest BCUT2D eigenvalue weighted by molar-refractivity contribution is -0.137. The van der Waals surface area contributed by atoms with Crippen LogP contribution in [-0.2, 0) is 30.2 Å². The number of unbranched alkanes of at least 4 members (excludes halogenated alkanes) is 1. The Morgan fingerprint density at radius 2 is 1.28 bits per heavy atom. The fourth-order valence-corrected chi connectivity index (χ4v) is 2.57. The van der Waals surface area contributed by atoms with Crippen LogP contribution in [0.15, 0.2) is 48.5 Å². The maximum Gasteiger partial charge on any atom is 0.416 e. The molecule has 0 aromatic heterocycles. The minimum absolute atomic E-state index is 0.130. The highest BCUT2D eigenvalue weighted by atomic mass is 19.4. The van der Waals surface area contributed by atoms with Crippen LogP contribution >= 0.6 is 0 Å². The summed E-state index contributed by atoms with van der Waals surface area (Å²) in [6, 6.07) is 12.9. The predicted molar refractivity (Wildman–Crippen MR) is 88.2 cm³/mol. The van der Waals surface area contributed by atoms with Crippen molar-refractivity contribution in [1.29, 1.82) is 0 Å². The van der Waals surface area contributed by atoms with E-state index in [0.29, 0.717) is 0 Å². The van der Waals surface area contributed by atoms with Gasteiger partial charge in [-0.1, -0.05) is 36.4 Å². The van der Waals surface area contributed by atoms with Gasteiger partial charge >= 0.3 is 6.18 Å². The average molecular weight is 351 g/mol. The van der Waals surface area contributed by atoms with Gasteiger partial charge in [0.15, 0.2) is 0 Å². The normalized spacial score (nSPS) is 11.4. The largest absolute Gasteiger partial charge is 0.416 e. The van der Waals surface area contributed by atoms with Crippen molar-refractivity contribution in [2.75, 3.05) is 0 Å². The third-order valence-electron chi connectivity index (χ3n) is 3.97. The van der Waals surface area contributed by atoms with E-state index in [2.05, 4.69) is 0 Å². The number of hydrogen-bond donors (Lipinski definition) is 2. The molecule has 0 saturated heterocycles. The first kappa shape index (κ1) is 19.0. The highest BCUT2D eigenvalue weighted by molar-refractivity contribution is 5.77. The van der Waals surface area contributed by atoms with Crippen molar-refractivity contribution in [1.82, 2.24) is 5.48 Å². The van der Waals surface area contributed by atoms with Crippen molar-refractivity contribution < 1.29 is 23.2 Å². The van der Waals surface area contributed by atoms with Crippen LogP contribution in [0.5, 0.6) is 0 Å². The third-order valence-corrected chi connectivity index (χ3v) is 3.97. The van der Waals surface area contributed by atoms with Gasteiger partial charge in [-0.3, -0.25) is 10.0 Å². The van der Waals surface area contributed by atoms with E-state index in [9.17, 15) is 18.0 Å². The molecule has 25 heavy (non-hydrogen) atoms. The number of nitrogens with one attached hydrogen (secondary N) is 1. The van der Waals surface area contributed by atoms with E-state index in [0.717, 1.165) is 54.5 Å². The number of benzene rings is 2. The van der Waals surface area contributed by atoms with Gasteiger partial charge in [-0.2, -0.15) is 13.2 Å². The Morgan fingerprint density at radius 3 is 1.72 bits per heavy atom. The quantitative estimate of drug-likeness (QED) is 0.443. The number of hydrogen-bond acceptors (Lipinski definition) is 2. The summed E-state index contributed by atoms with van der Waals surface area (Å²) >= 11 is 0. The molecular formula is C19H20F3NO2. The number of halogens is 3. The molecule has 6 heteroatoms. The maximum atomic E-state index is 12.5. The summed E-state index contributed by atoms with van der Waals surface area (Å²) in [6.45, 7) is 0. The van der Waals surface area contributed by atoms with Gasteiger partial charge in [0.2, 0.25) is 5.91 Å². The number of carbonyl (C=O) groups excluding carboxylic acids is 1. The SMILES string of the molecule is O=C(Cc1ccc(CCCCc2ccc(C(F)(F)F)cc2)cc1)NO. The monoisotopic (exact) mass is 351 g/mol. The molecule has 0 radical (unpaired) electrons. The van der Waals surface area contributed by atoms with Crippen molar-refractivity contribution in [3.63, 3.8) is 0 Å². The predicted octanol–water partition coefficient (Wildman–Crippen LogP) is 4.32. The molecule has 0 spiro atoms. The average Bonchev–Trinajstić information content (AvgIpc) is 2.59. The number of aryl methyl sites for hydroxylation is 2. The minimum Gasteiger partial charge on any atom is -0.289 e. The standard InChI is InChI=1S/C19H20F3NO2/c20-19(21,22)17-11-9-15(10-12-17)4-2-1-3-14-5-7-16(8-6-14)13-18(24)23-25/h5-12,25H,1-4,13H2,(H,23,24). The molecule has 0 aliphatic carbocycles. The summed E-state index contributed by atoms with van der Waals surface area (Å²) < 4.78 is 37.5. The van der Waals surface area contributed by atoms with Gasteiger partial charge in [-0.25, -0.2) is 5.48 Å². The van der Waals surface area contributed by atoms with Gasteiger partial charge in [0.25, 0.3) is 0 Å². The first-order valence-electron chi connectivity index (χ1n) is 8.05. The van der Waals surface area contributed by atoms with E-state index < -0.39 is 17.6 Å². The third kappa shape index (κ3) is 6.23. The summed E-state index contributed by atoms with van der Waals surface area (Å²) in [5, 5.41) is 8.49. The molecule has 0 bridgehead atoms. The zero-order valence-electron chi connectivity index (χ0n) is 13.6. The van der Waals surface area contributed by atoms with Crippen molar-refractivity contribution in [2.24, 2.45) is 0 Å². The molecule has 0 aliphatic rings. The van der Waals surface area contributed by atoms with E-state index in [1.807, 2.05) is 24.3 Å². The van der Waals surface area contributed by atoms with Crippen LogP contribution in [-0.4, -0.2) is 11.1 Å². The number of carbonyl (C=O) groups is 1. The summed E-state index contributed by atoms with van der Waals surface area (Å²) in [6.07, 6.45) is -0.731. The van der Waals surface area contributed by atoms with Gasteiger partial charge < -0.3 is 0 Å². The molecule has 1 amide bonds. The molecule has 134 valence electrons. The molecular weight excluding hydrogens is 331 g/mol. The molecule has 2 aromatic carbocycles. The maximum absolute atomic E-state index is 12.5. The zero-order valence-corrected chi connectivity index (χ0v) is 13.6. The van der Waals surface area contributed by atoms with Crippen LogP contribution in [0.2, 0.25) is 0 Å². The van der Waals surface area contributed by atoms with E-state index in [4.69, 9.17) is 5.21 Å². The number of amides is 1. The van der Waals surface area contributed by atoms with Crippen molar-refractivity contribution >= 4 is 5.91 Å². The molecule has 0 unspecified atom stereocenters. The second-order valence-corrected chi connectivity index (χ2v) is 5.93. The summed E-state index contributed by atoms with van der Waals surface area (Å²) in [5.41, 5.74) is 3.84.